The Morgan fingerprint density at radius 2 is 1.94 bits per heavy atom. The normalized spacial score (nSPS) is 20.9. The summed E-state index contributed by atoms with van der Waals surface area (Å²) in [7, 11) is 4.11. The van der Waals surface area contributed by atoms with Gasteiger partial charge in [-0.3, -0.25) is 4.79 Å². The Kier molecular flexibility index (Phi) is 2.29. The summed E-state index contributed by atoms with van der Waals surface area (Å²) in [6.45, 7) is 0. The summed E-state index contributed by atoms with van der Waals surface area (Å²) in [6.07, 6.45) is 5.66. The summed E-state index contributed by atoms with van der Waals surface area (Å²) in [5.74, 6) is 0.336. The molecule has 0 bridgehead atoms. The summed E-state index contributed by atoms with van der Waals surface area (Å²) >= 11 is 0. The molecular weight excluding hydrogens is 210 g/mol. The Bertz CT molecular complexity index is 472. The molecule has 2 nitrogen and oxygen atoms in total. The van der Waals surface area contributed by atoms with Crippen LogP contribution in [0, 0.1) is 0 Å². The lowest BCUT2D eigenvalue weighted by Crippen LogP contribution is -2.39. The zero-order valence-electron chi connectivity index (χ0n) is 10.6. The zero-order valence-corrected chi connectivity index (χ0v) is 10.6. The summed E-state index contributed by atoms with van der Waals surface area (Å²) in [4.78, 5) is 14.1. The molecular formula is C15H19NO. The van der Waals surface area contributed by atoms with E-state index in [4.69, 9.17) is 0 Å². The van der Waals surface area contributed by atoms with Crippen LogP contribution in [0.3, 0.4) is 0 Å². The summed E-state index contributed by atoms with van der Waals surface area (Å²) in [5.41, 5.74) is 3.87. The third-order valence-corrected chi connectivity index (χ3v) is 4.53. The van der Waals surface area contributed by atoms with E-state index in [1.807, 2.05) is 6.07 Å². The molecule has 0 aromatic heterocycles. The van der Waals surface area contributed by atoms with Crippen LogP contribution in [-0.2, 0) is 5.41 Å². The highest BCUT2D eigenvalue weighted by Gasteiger charge is 2.43. The highest BCUT2D eigenvalue weighted by Crippen LogP contribution is 2.51. The van der Waals surface area contributed by atoms with Crippen molar-refractivity contribution in [2.45, 2.75) is 37.5 Å². The fraction of sp³-hybridized carbons (Fsp3) is 0.533. The molecule has 90 valence electrons. The van der Waals surface area contributed by atoms with Gasteiger partial charge in [0.05, 0.1) is 0 Å². The van der Waals surface area contributed by atoms with E-state index in [1.165, 1.54) is 30.5 Å². The smallest absolute Gasteiger partial charge is 0.163 e. The fourth-order valence-electron chi connectivity index (χ4n) is 3.24. The van der Waals surface area contributed by atoms with Crippen molar-refractivity contribution >= 4 is 11.5 Å². The standard InChI is InChI=1S/C15H19NO/c1-16(2)11-4-5-12-13(10-11)15(7-3-8-15)9-6-14(12)17/h4-5,10H,3,6-9H2,1-2H3. The van der Waals surface area contributed by atoms with Crippen molar-refractivity contribution in [1.82, 2.24) is 0 Å². The van der Waals surface area contributed by atoms with Gasteiger partial charge in [-0.1, -0.05) is 6.42 Å². The molecule has 0 saturated heterocycles. The molecule has 0 amide bonds. The van der Waals surface area contributed by atoms with Crippen LogP contribution >= 0.6 is 0 Å². The first kappa shape index (κ1) is 10.8. The molecule has 3 rings (SSSR count). The number of Topliss-reactive ketones (excluding diaryl/α,β-unsaturated/α-hetero) is 1. The highest BCUT2D eigenvalue weighted by atomic mass is 16.1. The molecule has 0 heterocycles. The molecule has 2 heteroatoms. The lowest BCUT2D eigenvalue weighted by Gasteiger charge is -2.46. The predicted molar refractivity (Wildman–Crippen MR) is 69.9 cm³/mol. The van der Waals surface area contributed by atoms with E-state index in [0.717, 1.165) is 18.4 Å². The van der Waals surface area contributed by atoms with Crippen molar-refractivity contribution in [2.24, 2.45) is 0 Å². The fourth-order valence-corrected chi connectivity index (χ4v) is 3.24. The van der Waals surface area contributed by atoms with Crippen molar-refractivity contribution in [3.63, 3.8) is 0 Å². The second kappa shape index (κ2) is 3.59. The van der Waals surface area contributed by atoms with Gasteiger partial charge >= 0.3 is 0 Å². The van der Waals surface area contributed by atoms with Gasteiger partial charge in [0.2, 0.25) is 0 Å². The van der Waals surface area contributed by atoms with Crippen LogP contribution in [0.1, 0.15) is 48.0 Å². The molecule has 0 N–H and O–H groups in total. The molecule has 0 radical (unpaired) electrons. The molecule has 0 aliphatic heterocycles. The second-order valence-corrected chi connectivity index (χ2v) is 5.68. The van der Waals surface area contributed by atoms with E-state index in [2.05, 4.69) is 31.1 Å². The zero-order chi connectivity index (χ0) is 12.0. The monoisotopic (exact) mass is 229 g/mol. The minimum absolute atomic E-state index is 0.336. The quantitative estimate of drug-likeness (QED) is 0.737. The molecule has 2 aliphatic carbocycles. The number of carbonyl (C=O) groups excluding carboxylic acids is 1. The second-order valence-electron chi connectivity index (χ2n) is 5.68. The number of anilines is 1. The van der Waals surface area contributed by atoms with Crippen LogP contribution < -0.4 is 4.90 Å². The molecule has 0 atom stereocenters. The Morgan fingerprint density at radius 3 is 2.53 bits per heavy atom. The van der Waals surface area contributed by atoms with Crippen molar-refractivity contribution < 1.29 is 4.79 Å². The number of hydrogen-bond donors (Lipinski definition) is 0. The van der Waals surface area contributed by atoms with Gasteiger partial charge in [0.25, 0.3) is 0 Å². The van der Waals surface area contributed by atoms with Gasteiger partial charge in [-0.05, 0) is 48.4 Å². The molecule has 0 unspecified atom stereocenters. The number of carbonyl (C=O) groups is 1. The summed E-state index contributed by atoms with van der Waals surface area (Å²) in [5, 5.41) is 0. The van der Waals surface area contributed by atoms with E-state index in [1.54, 1.807) is 0 Å². The van der Waals surface area contributed by atoms with Crippen LogP contribution in [0.15, 0.2) is 18.2 Å². The maximum Gasteiger partial charge on any atom is 0.163 e. The average molecular weight is 229 g/mol. The van der Waals surface area contributed by atoms with Gasteiger partial charge in [-0.15, -0.1) is 0 Å². The van der Waals surface area contributed by atoms with Crippen LogP contribution in [0.2, 0.25) is 0 Å². The third kappa shape index (κ3) is 1.50. The Morgan fingerprint density at radius 1 is 1.18 bits per heavy atom. The molecule has 2 aliphatic rings. The minimum atomic E-state index is 0.336. The maximum atomic E-state index is 12.0. The topological polar surface area (TPSA) is 20.3 Å². The highest BCUT2D eigenvalue weighted by molar-refractivity contribution is 5.99. The molecule has 1 saturated carbocycles. The van der Waals surface area contributed by atoms with Crippen LogP contribution in [0.25, 0.3) is 0 Å². The summed E-state index contributed by atoms with van der Waals surface area (Å²) in [6, 6.07) is 6.34. The number of nitrogens with zero attached hydrogens (tertiary/aromatic N) is 1. The van der Waals surface area contributed by atoms with Gasteiger partial charge in [0.15, 0.2) is 5.78 Å². The molecule has 1 fully saturated rings. The van der Waals surface area contributed by atoms with E-state index >= 15 is 0 Å². The lowest BCUT2D eigenvalue weighted by molar-refractivity contribution is 0.0920. The van der Waals surface area contributed by atoms with E-state index < -0.39 is 0 Å². The predicted octanol–water partition coefficient (Wildman–Crippen LogP) is 3.15. The molecule has 17 heavy (non-hydrogen) atoms. The maximum absolute atomic E-state index is 12.0. The van der Waals surface area contributed by atoms with Gasteiger partial charge in [0, 0.05) is 31.8 Å². The van der Waals surface area contributed by atoms with Crippen LogP contribution in [0.4, 0.5) is 5.69 Å². The number of fused-ring (bicyclic) bond motifs is 2. The average Bonchev–Trinajstić information content (AvgIpc) is 2.27. The first-order chi connectivity index (χ1) is 8.12. The molecule has 1 aromatic rings. The summed E-state index contributed by atoms with van der Waals surface area (Å²) < 4.78 is 0. The van der Waals surface area contributed by atoms with Crippen molar-refractivity contribution in [3.8, 4) is 0 Å². The van der Waals surface area contributed by atoms with Crippen LogP contribution in [-0.4, -0.2) is 19.9 Å². The number of rotatable bonds is 1. The molecule has 1 spiro atoms. The Balaban J connectivity index is 2.13. The number of benzene rings is 1. The van der Waals surface area contributed by atoms with Crippen molar-refractivity contribution in [2.75, 3.05) is 19.0 Å². The van der Waals surface area contributed by atoms with Crippen molar-refractivity contribution in [3.05, 3.63) is 29.3 Å². The SMILES string of the molecule is CN(C)c1ccc2c(c1)C1(CCC1)CCC2=O. The van der Waals surface area contributed by atoms with Gasteiger partial charge in [-0.2, -0.15) is 0 Å². The molecule has 1 aromatic carbocycles. The first-order valence-electron chi connectivity index (χ1n) is 6.47. The van der Waals surface area contributed by atoms with E-state index in [0.29, 0.717) is 11.2 Å². The Hall–Kier alpha value is -1.31. The van der Waals surface area contributed by atoms with E-state index in [-0.39, 0.29) is 0 Å². The van der Waals surface area contributed by atoms with Gasteiger partial charge < -0.3 is 4.90 Å². The van der Waals surface area contributed by atoms with Crippen molar-refractivity contribution in [1.29, 1.82) is 0 Å². The number of hydrogen-bond acceptors (Lipinski definition) is 2. The minimum Gasteiger partial charge on any atom is -0.378 e. The van der Waals surface area contributed by atoms with Gasteiger partial charge in [0.1, 0.15) is 0 Å². The van der Waals surface area contributed by atoms with Crippen LogP contribution in [0.5, 0.6) is 0 Å². The first-order valence-corrected chi connectivity index (χ1v) is 6.47. The number of ketones is 1. The lowest BCUT2D eigenvalue weighted by atomic mass is 9.58. The van der Waals surface area contributed by atoms with E-state index in [9.17, 15) is 4.79 Å². The largest absolute Gasteiger partial charge is 0.378 e. The third-order valence-electron chi connectivity index (χ3n) is 4.53. The Labute approximate surface area is 103 Å². The van der Waals surface area contributed by atoms with Gasteiger partial charge in [-0.25, -0.2) is 0 Å².